The van der Waals surface area contributed by atoms with Crippen molar-refractivity contribution in [3.63, 3.8) is 0 Å². The number of aromatic nitrogens is 1. The van der Waals surface area contributed by atoms with E-state index in [0.29, 0.717) is 17.0 Å². The van der Waals surface area contributed by atoms with Gasteiger partial charge in [0.15, 0.2) is 0 Å². The van der Waals surface area contributed by atoms with E-state index in [4.69, 9.17) is 0 Å². The van der Waals surface area contributed by atoms with Gasteiger partial charge >= 0.3 is 0 Å². The number of benzene rings is 1. The number of aliphatic imine (C=N–C) groups is 1. The first kappa shape index (κ1) is 29.1. The Kier molecular flexibility index (Phi) is 9.14. The zero-order valence-electron chi connectivity index (χ0n) is 24.0. The predicted molar refractivity (Wildman–Crippen MR) is 156 cm³/mol. The standard InChI is InChI=1S/C31H39N5O4/c1-18-12-19(2)34-31(40)28(18)16-33-30(39)27-13-23(22-6-7-25(17-37)32-15-22)14-29(20(27)3)36(5)26-10-8-24(9-11-26)35-21(4)38/h6-7,12-15,24,26,28,37H,8-11,16-17H2,1-5H3,(H,33,39)(H,35,38). The van der Waals surface area contributed by atoms with Crippen LogP contribution in [0.5, 0.6) is 0 Å². The quantitative estimate of drug-likeness (QED) is 0.465. The van der Waals surface area contributed by atoms with E-state index >= 15 is 0 Å². The number of aliphatic hydroxyl groups is 1. The molecule has 1 fully saturated rings. The van der Waals surface area contributed by atoms with Gasteiger partial charge in [0.2, 0.25) is 5.91 Å². The van der Waals surface area contributed by atoms with E-state index in [-0.39, 0.29) is 43.0 Å². The van der Waals surface area contributed by atoms with E-state index < -0.39 is 5.92 Å². The molecule has 2 aromatic rings. The number of pyridine rings is 1. The third-order valence-electron chi connectivity index (χ3n) is 8.01. The Morgan fingerprint density at radius 1 is 1.07 bits per heavy atom. The summed E-state index contributed by atoms with van der Waals surface area (Å²) in [6.45, 7) is 7.20. The largest absolute Gasteiger partial charge is 0.390 e. The number of nitrogens with zero attached hydrogens (tertiary/aromatic N) is 3. The van der Waals surface area contributed by atoms with Gasteiger partial charge in [0, 0.05) is 61.3 Å². The van der Waals surface area contributed by atoms with Crippen LogP contribution in [0.3, 0.4) is 0 Å². The van der Waals surface area contributed by atoms with Gasteiger partial charge in [-0.15, -0.1) is 0 Å². The highest BCUT2D eigenvalue weighted by atomic mass is 16.3. The van der Waals surface area contributed by atoms with Crippen molar-refractivity contribution >= 4 is 29.1 Å². The molecule has 1 aliphatic heterocycles. The molecule has 0 saturated heterocycles. The third kappa shape index (κ3) is 6.65. The highest BCUT2D eigenvalue weighted by molar-refractivity contribution is 6.06. The van der Waals surface area contributed by atoms with Gasteiger partial charge in [-0.25, -0.2) is 4.99 Å². The van der Waals surface area contributed by atoms with Gasteiger partial charge in [-0.3, -0.25) is 19.4 Å². The van der Waals surface area contributed by atoms with E-state index in [1.54, 1.807) is 26.1 Å². The third-order valence-corrected chi connectivity index (χ3v) is 8.01. The normalized spacial score (nSPS) is 20.9. The lowest BCUT2D eigenvalue weighted by Crippen LogP contribution is -2.42. The van der Waals surface area contributed by atoms with Gasteiger partial charge in [-0.1, -0.05) is 11.6 Å². The second kappa shape index (κ2) is 12.6. The number of rotatable bonds is 8. The molecule has 3 N–H and O–H groups in total. The summed E-state index contributed by atoms with van der Waals surface area (Å²) in [5.41, 5.74) is 6.13. The summed E-state index contributed by atoms with van der Waals surface area (Å²) in [4.78, 5) is 48.2. The fourth-order valence-electron chi connectivity index (χ4n) is 5.70. The lowest BCUT2D eigenvalue weighted by atomic mass is 9.89. The number of carbonyl (C=O) groups excluding carboxylic acids is 3. The Hall–Kier alpha value is -3.85. The highest BCUT2D eigenvalue weighted by Crippen LogP contribution is 2.34. The first-order chi connectivity index (χ1) is 19.1. The van der Waals surface area contributed by atoms with Crippen molar-refractivity contribution in [2.45, 2.75) is 72.1 Å². The molecule has 1 aromatic carbocycles. The van der Waals surface area contributed by atoms with E-state index in [9.17, 15) is 19.5 Å². The van der Waals surface area contributed by atoms with Crippen LogP contribution in [-0.4, -0.2) is 59.2 Å². The first-order valence-corrected chi connectivity index (χ1v) is 13.8. The molecule has 9 nitrogen and oxygen atoms in total. The van der Waals surface area contributed by atoms with Crippen molar-refractivity contribution in [1.82, 2.24) is 15.6 Å². The minimum atomic E-state index is -0.479. The molecule has 0 spiro atoms. The Bertz CT molecular complexity index is 1340. The molecule has 40 heavy (non-hydrogen) atoms. The van der Waals surface area contributed by atoms with Crippen molar-refractivity contribution in [2.75, 3.05) is 18.5 Å². The van der Waals surface area contributed by atoms with Gasteiger partial charge < -0.3 is 20.6 Å². The highest BCUT2D eigenvalue weighted by Gasteiger charge is 2.28. The number of allylic oxidation sites excluding steroid dienone is 1. The number of hydrogen-bond acceptors (Lipinski definition) is 6. The summed E-state index contributed by atoms with van der Waals surface area (Å²) in [5, 5.41) is 15.4. The van der Waals surface area contributed by atoms with Gasteiger partial charge in [0.05, 0.1) is 18.2 Å². The number of nitrogens with one attached hydrogen (secondary N) is 2. The number of dihydropyridines is 1. The molecular formula is C31H39N5O4. The SMILES string of the molecule is CC(=O)NC1CCC(N(C)c2cc(-c3ccc(CO)nc3)cc(C(=O)NCC3C(=O)N=C(C)C=C3C)c2C)CC1. The molecule has 1 aliphatic carbocycles. The minimum Gasteiger partial charge on any atom is -0.390 e. The summed E-state index contributed by atoms with van der Waals surface area (Å²) in [6.07, 6.45) is 7.23. The predicted octanol–water partition coefficient (Wildman–Crippen LogP) is 3.73. The van der Waals surface area contributed by atoms with Crippen LogP contribution in [0, 0.1) is 12.8 Å². The van der Waals surface area contributed by atoms with E-state index in [1.165, 1.54) is 0 Å². The average Bonchev–Trinajstić information content (AvgIpc) is 2.92. The molecule has 2 aliphatic rings. The molecule has 2 heterocycles. The molecule has 0 bridgehead atoms. The lowest BCUT2D eigenvalue weighted by Gasteiger charge is -2.37. The molecule has 0 radical (unpaired) electrons. The molecule has 3 amide bonds. The zero-order valence-corrected chi connectivity index (χ0v) is 24.0. The summed E-state index contributed by atoms with van der Waals surface area (Å²) >= 11 is 0. The van der Waals surface area contributed by atoms with Crippen LogP contribution < -0.4 is 15.5 Å². The van der Waals surface area contributed by atoms with Gasteiger partial charge in [-0.2, -0.15) is 0 Å². The van der Waals surface area contributed by atoms with E-state index in [1.807, 2.05) is 32.1 Å². The van der Waals surface area contributed by atoms with Gasteiger partial charge in [0.1, 0.15) is 0 Å². The van der Waals surface area contributed by atoms with E-state index in [2.05, 4.69) is 38.6 Å². The number of carbonyl (C=O) groups is 3. The topological polar surface area (TPSA) is 124 Å². The number of aliphatic hydroxyl groups excluding tert-OH is 1. The molecule has 212 valence electrons. The van der Waals surface area contributed by atoms with Crippen LogP contribution in [0.25, 0.3) is 11.1 Å². The summed E-state index contributed by atoms with van der Waals surface area (Å²) < 4.78 is 0. The van der Waals surface area contributed by atoms with Gasteiger partial charge in [0.25, 0.3) is 11.8 Å². The maximum absolute atomic E-state index is 13.6. The fraction of sp³-hybridized carbons (Fsp3) is 0.452. The molecule has 9 heteroatoms. The van der Waals surface area contributed by atoms with Crippen LogP contribution in [0.15, 0.2) is 47.1 Å². The first-order valence-electron chi connectivity index (χ1n) is 13.8. The molecular weight excluding hydrogens is 506 g/mol. The summed E-state index contributed by atoms with van der Waals surface area (Å²) in [6, 6.07) is 8.06. The van der Waals surface area contributed by atoms with Crippen molar-refractivity contribution in [1.29, 1.82) is 0 Å². The summed E-state index contributed by atoms with van der Waals surface area (Å²) in [5.74, 6) is -0.976. The number of anilines is 1. The van der Waals surface area contributed by atoms with Crippen molar-refractivity contribution in [3.8, 4) is 11.1 Å². The Labute approximate surface area is 235 Å². The Morgan fingerprint density at radius 2 is 1.80 bits per heavy atom. The number of amides is 3. The lowest BCUT2D eigenvalue weighted by molar-refractivity contribution is -0.121. The fourth-order valence-corrected chi connectivity index (χ4v) is 5.70. The second-order valence-electron chi connectivity index (χ2n) is 10.9. The van der Waals surface area contributed by atoms with Gasteiger partial charge in [-0.05, 0) is 81.9 Å². The molecule has 1 atom stereocenters. The van der Waals surface area contributed by atoms with Crippen molar-refractivity contribution in [3.05, 3.63) is 58.9 Å². The van der Waals surface area contributed by atoms with Crippen molar-refractivity contribution in [2.24, 2.45) is 10.9 Å². The van der Waals surface area contributed by atoms with Crippen LogP contribution in [-0.2, 0) is 16.2 Å². The average molecular weight is 546 g/mol. The second-order valence-corrected chi connectivity index (χ2v) is 10.9. The smallest absolute Gasteiger partial charge is 0.254 e. The minimum absolute atomic E-state index is 0.000575. The Balaban J connectivity index is 1.62. The molecule has 1 unspecified atom stereocenters. The molecule has 4 rings (SSSR count). The summed E-state index contributed by atoms with van der Waals surface area (Å²) in [7, 11) is 2.06. The maximum atomic E-state index is 13.6. The molecule has 1 aromatic heterocycles. The molecule has 1 saturated carbocycles. The van der Waals surface area contributed by atoms with Crippen LogP contribution in [0.2, 0.25) is 0 Å². The number of hydrogen-bond donors (Lipinski definition) is 3. The van der Waals surface area contributed by atoms with Crippen LogP contribution >= 0.6 is 0 Å². The Morgan fingerprint density at radius 3 is 2.40 bits per heavy atom. The van der Waals surface area contributed by atoms with Crippen LogP contribution in [0.4, 0.5) is 5.69 Å². The van der Waals surface area contributed by atoms with Crippen LogP contribution in [0.1, 0.15) is 68.1 Å². The monoisotopic (exact) mass is 545 g/mol. The maximum Gasteiger partial charge on any atom is 0.254 e. The van der Waals surface area contributed by atoms with Crippen molar-refractivity contribution < 1.29 is 19.5 Å². The zero-order chi connectivity index (χ0) is 29.0. The van der Waals surface area contributed by atoms with E-state index in [0.717, 1.165) is 53.6 Å².